The monoisotopic (exact) mass is 248 g/mol. The van der Waals surface area contributed by atoms with Crippen molar-refractivity contribution in [3.8, 4) is 5.75 Å². The predicted octanol–water partition coefficient (Wildman–Crippen LogP) is 2.66. The van der Waals surface area contributed by atoms with Crippen molar-refractivity contribution >= 4 is 5.69 Å². The number of hydrogen-bond acceptors (Lipinski definition) is 3. The fourth-order valence-electron chi connectivity index (χ4n) is 2.37. The Hall–Kier alpha value is -1.22. The van der Waals surface area contributed by atoms with E-state index < -0.39 is 0 Å². The Morgan fingerprint density at radius 1 is 1.39 bits per heavy atom. The molecule has 0 radical (unpaired) electrons. The van der Waals surface area contributed by atoms with Crippen molar-refractivity contribution in [2.45, 2.75) is 32.7 Å². The summed E-state index contributed by atoms with van der Waals surface area (Å²) in [5.74, 6) is 1.03. The third-order valence-electron chi connectivity index (χ3n) is 3.27. The van der Waals surface area contributed by atoms with E-state index in [-0.39, 0.29) is 0 Å². The van der Waals surface area contributed by atoms with Gasteiger partial charge in [0.25, 0.3) is 0 Å². The zero-order valence-corrected chi connectivity index (χ0v) is 11.5. The molecule has 0 fully saturated rings. The van der Waals surface area contributed by atoms with Crippen molar-refractivity contribution in [1.82, 2.24) is 5.32 Å². The van der Waals surface area contributed by atoms with Crippen LogP contribution in [0.15, 0.2) is 24.3 Å². The number of hydrogen-bond donors (Lipinski definition) is 1. The Balaban J connectivity index is 2.03. The van der Waals surface area contributed by atoms with Gasteiger partial charge in [0.15, 0.2) is 0 Å². The smallest absolute Gasteiger partial charge is 0.142 e. The number of fused-ring (bicyclic) bond motifs is 1. The van der Waals surface area contributed by atoms with Gasteiger partial charge in [0.1, 0.15) is 5.75 Å². The van der Waals surface area contributed by atoms with Crippen LogP contribution < -0.4 is 15.0 Å². The van der Waals surface area contributed by atoms with Crippen LogP contribution in [0, 0.1) is 0 Å². The molecule has 1 aromatic rings. The van der Waals surface area contributed by atoms with Crippen molar-refractivity contribution in [3.05, 3.63) is 24.3 Å². The molecule has 0 spiro atoms. The molecule has 100 valence electrons. The zero-order valence-electron chi connectivity index (χ0n) is 11.5. The summed E-state index contributed by atoms with van der Waals surface area (Å²) in [7, 11) is 0. The maximum absolute atomic E-state index is 5.78. The standard InChI is InChI=1S/C15H24N2O/c1-3-9-16-13(2)12-17-10-6-11-18-15-8-5-4-7-14(15)17/h4-5,7-8,13,16H,3,6,9-12H2,1-2H3. The van der Waals surface area contributed by atoms with Crippen LogP contribution in [0.5, 0.6) is 5.75 Å². The highest BCUT2D eigenvalue weighted by Gasteiger charge is 2.17. The van der Waals surface area contributed by atoms with E-state index in [1.54, 1.807) is 0 Å². The quantitative estimate of drug-likeness (QED) is 0.867. The molecule has 3 heteroatoms. The lowest BCUT2D eigenvalue weighted by molar-refractivity contribution is 0.322. The van der Waals surface area contributed by atoms with Gasteiger partial charge in [-0.3, -0.25) is 0 Å². The van der Waals surface area contributed by atoms with E-state index in [0.29, 0.717) is 6.04 Å². The molecule has 3 nitrogen and oxygen atoms in total. The second-order valence-electron chi connectivity index (χ2n) is 4.97. The molecule has 2 rings (SSSR count). The van der Waals surface area contributed by atoms with Crippen LogP contribution in [0.1, 0.15) is 26.7 Å². The van der Waals surface area contributed by atoms with Crippen LogP contribution in [0.25, 0.3) is 0 Å². The van der Waals surface area contributed by atoms with Crippen LogP contribution in [0.2, 0.25) is 0 Å². The predicted molar refractivity (Wildman–Crippen MR) is 76.5 cm³/mol. The molecule has 0 saturated carbocycles. The Labute approximate surface area is 110 Å². The minimum atomic E-state index is 0.510. The summed E-state index contributed by atoms with van der Waals surface area (Å²) in [5.41, 5.74) is 1.24. The number of ether oxygens (including phenoxy) is 1. The topological polar surface area (TPSA) is 24.5 Å². The third-order valence-corrected chi connectivity index (χ3v) is 3.27. The molecular weight excluding hydrogens is 224 g/mol. The van der Waals surface area contributed by atoms with Gasteiger partial charge in [-0.2, -0.15) is 0 Å². The normalized spacial score (nSPS) is 16.7. The van der Waals surface area contributed by atoms with Gasteiger partial charge in [0.2, 0.25) is 0 Å². The summed E-state index contributed by atoms with van der Waals surface area (Å²) in [6.07, 6.45) is 2.28. The molecule has 1 unspecified atom stereocenters. The minimum Gasteiger partial charge on any atom is -0.491 e. The molecule has 1 atom stereocenters. The van der Waals surface area contributed by atoms with Gasteiger partial charge >= 0.3 is 0 Å². The SMILES string of the molecule is CCCNC(C)CN1CCCOc2ccccc21. The maximum Gasteiger partial charge on any atom is 0.142 e. The Morgan fingerprint density at radius 2 is 2.22 bits per heavy atom. The van der Waals surface area contributed by atoms with Gasteiger partial charge in [0.05, 0.1) is 12.3 Å². The van der Waals surface area contributed by atoms with Crippen molar-refractivity contribution in [1.29, 1.82) is 0 Å². The second-order valence-corrected chi connectivity index (χ2v) is 4.97. The average molecular weight is 248 g/mol. The van der Waals surface area contributed by atoms with Crippen molar-refractivity contribution in [2.24, 2.45) is 0 Å². The van der Waals surface area contributed by atoms with E-state index in [4.69, 9.17) is 4.74 Å². The molecule has 0 aromatic heterocycles. The largest absolute Gasteiger partial charge is 0.491 e. The molecule has 0 saturated heterocycles. The van der Waals surface area contributed by atoms with E-state index in [9.17, 15) is 0 Å². The average Bonchev–Trinajstić information content (AvgIpc) is 2.59. The van der Waals surface area contributed by atoms with Gasteiger partial charge in [-0.15, -0.1) is 0 Å². The van der Waals surface area contributed by atoms with Crippen molar-refractivity contribution < 1.29 is 4.74 Å². The molecule has 0 amide bonds. The first-order valence-corrected chi connectivity index (χ1v) is 7.01. The van der Waals surface area contributed by atoms with Gasteiger partial charge in [0, 0.05) is 19.1 Å². The first-order valence-electron chi connectivity index (χ1n) is 7.01. The Morgan fingerprint density at radius 3 is 3.06 bits per heavy atom. The summed E-state index contributed by atoms with van der Waals surface area (Å²) in [4.78, 5) is 2.44. The van der Waals surface area contributed by atoms with Gasteiger partial charge < -0.3 is 15.0 Å². The molecule has 1 aliphatic heterocycles. The van der Waals surface area contributed by atoms with Crippen molar-refractivity contribution in [2.75, 3.05) is 31.1 Å². The van der Waals surface area contributed by atoms with E-state index >= 15 is 0 Å². The number of para-hydroxylation sites is 2. The van der Waals surface area contributed by atoms with Crippen molar-refractivity contribution in [3.63, 3.8) is 0 Å². The van der Waals surface area contributed by atoms with Gasteiger partial charge in [-0.1, -0.05) is 19.1 Å². The first kappa shape index (κ1) is 13.2. The molecule has 1 heterocycles. The minimum absolute atomic E-state index is 0.510. The maximum atomic E-state index is 5.78. The molecule has 1 aromatic carbocycles. The Kier molecular flexibility index (Phi) is 4.88. The number of benzene rings is 1. The van der Waals surface area contributed by atoms with E-state index in [2.05, 4.69) is 42.3 Å². The molecule has 18 heavy (non-hydrogen) atoms. The fraction of sp³-hybridized carbons (Fsp3) is 0.600. The summed E-state index contributed by atoms with van der Waals surface area (Å²) < 4.78 is 5.78. The van der Waals surface area contributed by atoms with Gasteiger partial charge in [-0.05, 0) is 38.4 Å². The highest BCUT2D eigenvalue weighted by atomic mass is 16.5. The highest BCUT2D eigenvalue weighted by Crippen LogP contribution is 2.30. The lowest BCUT2D eigenvalue weighted by Crippen LogP contribution is -2.39. The van der Waals surface area contributed by atoms with Crippen LogP contribution in [0.3, 0.4) is 0 Å². The van der Waals surface area contributed by atoms with Crippen LogP contribution >= 0.6 is 0 Å². The zero-order chi connectivity index (χ0) is 12.8. The van der Waals surface area contributed by atoms with Gasteiger partial charge in [-0.25, -0.2) is 0 Å². The van der Waals surface area contributed by atoms with E-state index in [1.165, 1.54) is 12.1 Å². The number of anilines is 1. The second kappa shape index (κ2) is 6.64. The fourth-order valence-corrected chi connectivity index (χ4v) is 2.37. The summed E-state index contributed by atoms with van der Waals surface area (Å²) in [6.45, 7) is 8.49. The molecule has 0 bridgehead atoms. The Bertz CT molecular complexity index is 367. The van der Waals surface area contributed by atoms with Crippen LogP contribution in [-0.4, -0.2) is 32.3 Å². The number of rotatable bonds is 5. The van der Waals surface area contributed by atoms with E-state index in [0.717, 1.165) is 38.4 Å². The summed E-state index contributed by atoms with van der Waals surface area (Å²) in [6, 6.07) is 8.87. The lowest BCUT2D eigenvalue weighted by Gasteiger charge is -2.27. The lowest BCUT2D eigenvalue weighted by atomic mass is 10.2. The first-order chi connectivity index (χ1) is 8.81. The van der Waals surface area contributed by atoms with Crippen LogP contribution in [0.4, 0.5) is 5.69 Å². The van der Waals surface area contributed by atoms with Crippen LogP contribution in [-0.2, 0) is 0 Å². The molecule has 1 N–H and O–H groups in total. The number of nitrogens with one attached hydrogen (secondary N) is 1. The summed E-state index contributed by atoms with van der Waals surface area (Å²) in [5, 5.41) is 3.55. The number of nitrogens with zero attached hydrogens (tertiary/aromatic N) is 1. The molecule has 0 aliphatic carbocycles. The third kappa shape index (κ3) is 3.39. The highest BCUT2D eigenvalue weighted by molar-refractivity contribution is 5.59. The molecule has 1 aliphatic rings. The summed E-state index contributed by atoms with van der Waals surface area (Å²) >= 11 is 0. The molecular formula is C15H24N2O. The van der Waals surface area contributed by atoms with E-state index in [1.807, 2.05) is 6.07 Å².